The van der Waals surface area contributed by atoms with Crippen molar-refractivity contribution in [3.63, 3.8) is 0 Å². The monoisotopic (exact) mass is 293 g/mol. The number of nitrogens with one attached hydrogen (secondary N) is 1. The number of carbonyl (C=O) groups excluding carboxylic acids is 1. The molecular formula is C10H19N3O5S. The summed E-state index contributed by atoms with van der Waals surface area (Å²) in [6.45, 7) is -0.404. The maximum atomic E-state index is 11.8. The van der Waals surface area contributed by atoms with E-state index in [-0.39, 0.29) is 24.9 Å². The third-order valence-electron chi connectivity index (χ3n) is 2.75. The standard InChI is InChI=1S/C10H19N3O5S/c1-12(2)19(17,18)6-5-11-10(16)13(7-9(14)15)8-3-4-8/h8H,3-7H2,1-2H3,(H,11,16)(H,14,15). The second kappa shape index (κ2) is 6.20. The zero-order valence-electron chi connectivity index (χ0n) is 11.0. The number of aliphatic carboxylic acids is 1. The SMILES string of the molecule is CN(C)S(=O)(=O)CCNC(=O)N(CC(=O)O)C1CC1. The van der Waals surface area contributed by atoms with Gasteiger partial charge < -0.3 is 15.3 Å². The van der Waals surface area contributed by atoms with Crippen LogP contribution in [-0.2, 0) is 14.8 Å². The Morgan fingerprint density at radius 3 is 2.32 bits per heavy atom. The fraction of sp³-hybridized carbons (Fsp3) is 0.800. The summed E-state index contributed by atoms with van der Waals surface area (Å²) < 4.78 is 24.0. The molecule has 0 aliphatic heterocycles. The summed E-state index contributed by atoms with van der Waals surface area (Å²) in [5.74, 6) is -1.29. The Kier molecular flexibility index (Phi) is 5.12. The molecule has 1 aliphatic rings. The van der Waals surface area contributed by atoms with E-state index in [1.54, 1.807) is 0 Å². The van der Waals surface area contributed by atoms with Crippen LogP contribution >= 0.6 is 0 Å². The van der Waals surface area contributed by atoms with Crippen molar-refractivity contribution >= 4 is 22.0 Å². The molecule has 1 saturated carbocycles. The molecule has 110 valence electrons. The average molecular weight is 293 g/mol. The molecule has 0 unspecified atom stereocenters. The van der Waals surface area contributed by atoms with E-state index in [0.29, 0.717) is 0 Å². The van der Waals surface area contributed by atoms with Crippen LogP contribution in [-0.4, -0.2) is 73.7 Å². The Morgan fingerprint density at radius 2 is 1.89 bits per heavy atom. The third-order valence-corrected chi connectivity index (χ3v) is 4.58. The first-order chi connectivity index (χ1) is 8.74. The normalized spacial score (nSPS) is 15.3. The molecule has 2 amide bonds. The number of rotatable bonds is 7. The molecule has 1 fully saturated rings. The van der Waals surface area contributed by atoms with Crippen molar-refractivity contribution in [1.82, 2.24) is 14.5 Å². The van der Waals surface area contributed by atoms with Crippen LogP contribution in [0.2, 0.25) is 0 Å². The van der Waals surface area contributed by atoms with Gasteiger partial charge in [0.05, 0.1) is 5.75 Å². The van der Waals surface area contributed by atoms with Crippen molar-refractivity contribution in [2.75, 3.05) is 32.9 Å². The molecule has 0 heterocycles. The Hall–Kier alpha value is -1.35. The van der Waals surface area contributed by atoms with Crippen molar-refractivity contribution in [3.8, 4) is 0 Å². The predicted molar refractivity (Wildman–Crippen MR) is 68.2 cm³/mol. The first-order valence-electron chi connectivity index (χ1n) is 5.90. The van der Waals surface area contributed by atoms with Crippen molar-refractivity contribution in [2.45, 2.75) is 18.9 Å². The van der Waals surface area contributed by atoms with Gasteiger partial charge in [-0.15, -0.1) is 0 Å². The summed E-state index contributed by atoms with van der Waals surface area (Å²) >= 11 is 0. The van der Waals surface area contributed by atoms with Crippen LogP contribution in [0.15, 0.2) is 0 Å². The van der Waals surface area contributed by atoms with Gasteiger partial charge in [-0.1, -0.05) is 0 Å². The molecule has 9 heteroatoms. The number of carbonyl (C=O) groups is 2. The highest BCUT2D eigenvalue weighted by Crippen LogP contribution is 2.26. The fourth-order valence-corrected chi connectivity index (χ4v) is 2.19. The lowest BCUT2D eigenvalue weighted by Gasteiger charge is -2.21. The topological polar surface area (TPSA) is 107 Å². The number of nitrogens with zero attached hydrogens (tertiary/aromatic N) is 2. The highest BCUT2D eigenvalue weighted by Gasteiger charge is 2.33. The van der Waals surface area contributed by atoms with Gasteiger partial charge in [0.1, 0.15) is 6.54 Å². The molecule has 1 rings (SSSR count). The molecular weight excluding hydrogens is 274 g/mol. The zero-order valence-corrected chi connectivity index (χ0v) is 11.8. The van der Waals surface area contributed by atoms with E-state index in [1.165, 1.54) is 19.0 Å². The largest absolute Gasteiger partial charge is 0.480 e. The van der Waals surface area contributed by atoms with Gasteiger partial charge in [0.2, 0.25) is 10.0 Å². The van der Waals surface area contributed by atoms with E-state index in [2.05, 4.69) is 5.32 Å². The lowest BCUT2D eigenvalue weighted by atomic mass is 10.5. The van der Waals surface area contributed by atoms with E-state index in [4.69, 9.17) is 5.11 Å². The molecule has 19 heavy (non-hydrogen) atoms. The molecule has 0 radical (unpaired) electrons. The second-order valence-corrected chi connectivity index (χ2v) is 6.89. The van der Waals surface area contributed by atoms with Crippen LogP contribution in [0.1, 0.15) is 12.8 Å². The maximum absolute atomic E-state index is 11.8. The molecule has 0 aromatic heterocycles. The molecule has 1 aliphatic carbocycles. The number of sulfonamides is 1. The van der Waals surface area contributed by atoms with Gasteiger partial charge in [-0.05, 0) is 12.8 Å². The average Bonchev–Trinajstić information content (AvgIpc) is 3.08. The maximum Gasteiger partial charge on any atom is 0.323 e. The lowest BCUT2D eigenvalue weighted by molar-refractivity contribution is -0.137. The number of carboxylic acids is 1. The number of amides is 2. The first-order valence-corrected chi connectivity index (χ1v) is 7.51. The highest BCUT2D eigenvalue weighted by atomic mass is 32.2. The predicted octanol–water partition coefficient (Wildman–Crippen LogP) is -0.864. The van der Waals surface area contributed by atoms with Gasteiger partial charge in [0, 0.05) is 26.7 Å². The van der Waals surface area contributed by atoms with Gasteiger partial charge in [-0.25, -0.2) is 17.5 Å². The Balaban J connectivity index is 2.43. The van der Waals surface area contributed by atoms with Gasteiger partial charge in [0.15, 0.2) is 0 Å². The molecule has 0 bridgehead atoms. The van der Waals surface area contributed by atoms with Gasteiger partial charge in [0.25, 0.3) is 0 Å². The zero-order chi connectivity index (χ0) is 14.6. The third kappa shape index (κ3) is 5.03. The Labute approximate surface area is 112 Å². The molecule has 0 saturated heterocycles. The van der Waals surface area contributed by atoms with Gasteiger partial charge >= 0.3 is 12.0 Å². The van der Waals surface area contributed by atoms with Crippen molar-refractivity contribution in [2.24, 2.45) is 0 Å². The molecule has 8 nitrogen and oxygen atoms in total. The number of urea groups is 1. The summed E-state index contributed by atoms with van der Waals surface area (Å²) in [6, 6.07) is -0.569. The van der Waals surface area contributed by atoms with E-state index in [0.717, 1.165) is 17.1 Å². The molecule has 0 spiro atoms. The van der Waals surface area contributed by atoms with Crippen LogP contribution in [0.3, 0.4) is 0 Å². The lowest BCUT2D eigenvalue weighted by Crippen LogP contribution is -2.45. The number of hydrogen-bond acceptors (Lipinski definition) is 4. The first kappa shape index (κ1) is 15.7. The summed E-state index contributed by atoms with van der Waals surface area (Å²) in [7, 11) is -0.534. The summed E-state index contributed by atoms with van der Waals surface area (Å²) in [5.41, 5.74) is 0. The smallest absolute Gasteiger partial charge is 0.323 e. The van der Waals surface area contributed by atoms with Gasteiger partial charge in [-0.3, -0.25) is 4.79 Å². The minimum atomic E-state index is -3.36. The minimum absolute atomic E-state index is 0.0395. The minimum Gasteiger partial charge on any atom is -0.480 e. The van der Waals surface area contributed by atoms with Crippen LogP contribution in [0, 0.1) is 0 Å². The van der Waals surface area contributed by atoms with Gasteiger partial charge in [-0.2, -0.15) is 0 Å². The van der Waals surface area contributed by atoms with Crippen molar-refractivity contribution in [1.29, 1.82) is 0 Å². The second-order valence-electron chi connectivity index (χ2n) is 4.58. The quantitative estimate of drug-likeness (QED) is 0.635. The summed E-state index contributed by atoms with van der Waals surface area (Å²) in [6.07, 6.45) is 1.58. The van der Waals surface area contributed by atoms with Crippen LogP contribution in [0.4, 0.5) is 4.79 Å². The van der Waals surface area contributed by atoms with E-state index in [1.807, 2.05) is 0 Å². The molecule has 0 aromatic rings. The summed E-state index contributed by atoms with van der Waals surface area (Å²) in [4.78, 5) is 23.6. The Bertz CT molecular complexity index is 444. The van der Waals surface area contributed by atoms with E-state index >= 15 is 0 Å². The van der Waals surface area contributed by atoms with Crippen LogP contribution < -0.4 is 5.32 Å². The van der Waals surface area contributed by atoms with Crippen LogP contribution in [0.25, 0.3) is 0 Å². The highest BCUT2D eigenvalue weighted by molar-refractivity contribution is 7.89. The number of carboxylic acid groups (broad SMARTS) is 1. The summed E-state index contributed by atoms with van der Waals surface area (Å²) in [5, 5.41) is 11.2. The molecule has 0 aromatic carbocycles. The van der Waals surface area contributed by atoms with E-state index < -0.39 is 22.0 Å². The number of hydrogen-bond donors (Lipinski definition) is 2. The fourth-order valence-electron chi connectivity index (χ4n) is 1.47. The van der Waals surface area contributed by atoms with Crippen molar-refractivity contribution in [3.05, 3.63) is 0 Å². The van der Waals surface area contributed by atoms with Crippen molar-refractivity contribution < 1.29 is 23.1 Å². The molecule has 0 atom stereocenters. The van der Waals surface area contributed by atoms with E-state index in [9.17, 15) is 18.0 Å². The van der Waals surface area contributed by atoms with Crippen LogP contribution in [0.5, 0.6) is 0 Å². The Morgan fingerprint density at radius 1 is 1.32 bits per heavy atom. The molecule has 2 N–H and O–H groups in total.